The number of hydrogen-bond donors (Lipinski definition) is 5. The first-order valence-corrected chi connectivity index (χ1v) is 13.0. The molecule has 0 bridgehead atoms. The fourth-order valence-corrected chi connectivity index (χ4v) is 5.08. The number of ether oxygens (including phenoxy) is 1. The first-order valence-electron chi connectivity index (χ1n) is 13.0. The Bertz CT molecular complexity index is 1100. The highest BCUT2D eigenvalue weighted by Crippen LogP contribution is 2.40. The van der Waals surface area contributed by atoms with Crippen LogP contribution in [0.25, 0.3) is 0 Å². The summed E-state index contributed by atoms with van der Waals surface area (Å²) in [5.41, 5.74) is 4.73. The smallest absolute Gasteiger partial charge is 0.320 e. The number of aliphatic carboxylic acids is 1. The van der Waals surface area contributed by atoms with Crippen LogP contribution >= 0.6 is 0 Å². The Morgan fingerprint density at radius 1 is 1.08 bits per heavy atom. The molecule has 8 heteroatoms. The molecule has 0 unspecified atom stereocenters. The summed E-state index contributed by atoms with van der Waals surface area (Å²) < 4.78 is 5.81. The summed E-state index contributed by atoms with van der Waals surface area (Å²) in [5, 5.41) is 51.1. The minimum Gasteiger partial charge on any atom is -0.480 e. The van der Waals surface area contributed by atoms with Crippen LogP contribution in [0.1, 0.15) is 72.4 Å². The van der Waals surface area contributed by atoms with Crippen molar-refractivity contribution in [3.05, 3.63) is 70.3 Å². The molecule has 2 aromatic carbocycles. The van der Waals surface area contributed by atoms with E-state index in [1.807, 2.05) is 6.07 Å². The minimum atomic E-state index is -0.922. The van der Waals surface area contributed by atoms with E-state index in [4.69, 9.17) is 9.84 Å². The summed E-state index contributed by atoms with van der Waals surface area (Å²) >= 11 is 0. The van der Waals surface area contributed by atoms with Crippen molar-refractivity contribution in [1.82, 2.24) is 5.32 Å². The molecule has 2 aliphatic heterocycles. The highest BCUT2D eigenvalue weighted by atomic mass is 16.5. The Balaban J connectivity index is 0.000000342. The zero-order valence-electron chi connectivity index (χ0n) is 21.1. The summed E-state index contributed by atoms with van der Waals surface area (Å²) in [4.78, 5) is 10.1. The monoisotopic (exact) mass is 508 g/mol. The van der Waals surface area contributed by atoms with Crippen LogP contribution in [0.5, 0.6) is 0 Å². The van der Waals surface area contributed by atoms with Crippen molar-refractivity contribution in [2.45, 2.75) is 75.4 Å². The van der Waals surface area contributed by atoms with Gasteiger partial charge in [0.25, 0.3) is 0 Å². The highest BCUT2D eigenvalue weighted by molar-refractivity contribution is 5.73. The summed E-state index contributed by atoms with van der Waals surface area (Å²) in [6.07, 6.45) is 1.72. The number of nitriles is 1. The van der Waals surface area contributed by atoms with Crippen molar-refractivity contribution in [3.8, 4) is 6.07 Å². The molecule has 37 heavy (non-hydrogen) atoms. The lowest BCUT2D eigenvalue weighted by Crippen LogP contribution is -2.50. The molecule has 2 heterocycles. The van der Waals surface area contributed by atoms with Gasteiger partial charge >= 0.3 is 5.97 Å². The Morgan fingerprint density at radius 3 is 2.32 bits per heavy atom. The van der Waals surface area contributed by atoms with Crippen molar-refractivity contribution >= 4 is 5.97 Å². The van der Waals surface area contributed by atoms with E-state index in [9.17, 15) is 25.4 Å². The summed E-state index contributed by atoms with van der Waals surface area (Å²) in [5.74, 6) is -0.439. The van der Waals surface area contributed by atoms with E-state index in [2.05, 4.69) is 35.7 Å². The number of rotatable bonds is 6. The van der Waals surface area contributed by atoms with Gasteiger partial charge in [-0.05, 0) is 72.9 Å². The maximum absolute atomic E-state index is 10.6. The predicted molar refractivity (Wildman–Crippen MR) is 137 cm³/mol. The van der Waals surface area contributed by atoms with Crippen molar-refractivity contribution < 1.29 is 30.0 Å². The Labute approximate surface area is 217 Å². The van der Waals surface area contributed by atoms with Gasteiger partial charge in [-0.1, -0.05) is 43.3 Å². The second kappa shape index (κ2) is 12.2. The molecule has 0 amide bonds. The fraction of sp³-hybridized carbons (Fsp3) is 0.517. The van der Waals surface area contributed by atoms with Crippen LogP contribution in [0, 0.1) is 17.2 Å². The average molecular weight is 509 g/mol. The van der Waals surface area contributed by atoms with E-state index in [-0.39, 0.29) is 12.6 Å². The number of nitrogens with one attached hydrogen (secondary N) is 1. The predicted octanol–water partition coefficient (Wildman–Crippen LogP) is 2.64. The first-order chi connectivity index (χ1) is 17.8. The Morgan fingerprint density at radius 2 is 1.78 bits per heavy atom. The SMILES string of the molecule is C[C@@H]1[C@@H](O)[C@H](c2ccc(C#N)c(Cc3ccc(C4CC4)cc3)c2)O[C@H](CO)[C@H]1O.O=C(O)[C@@H]1CCCN1. The van der Waals surface area contributed by atoms with E-state index < -0.39 is 36.3 Å². The lowest BCUT2D eigenvalue weighted by molar-refractivity contribution is -0.207. The topological polar surface area (TPSA) is 143 Å². The number of aliphatic hydroxyl groups is 3. The molecule has 0 aromatic heterocycles. The molecule has 2 saturated heterocycles. The van der Waals surface area contributed by atoms with Gasteiger partial charge in [-0.3, -0.25) is 4.79 Å². The van der Waals surface area contributed by atoms with E-state index in [0.29, 0.717) is 17.9 Å². The standard InChI is InChI=1S/C24H27NO4.C5H9NO2/c1-14-22(27)21(13-26)29-24(23(14)28)18-8-9-19(12-25)20(11-18)10-15-2-4-16(5-3-15)17-6-7-17;7-5(8)4-2-1-3-6-4/h2-5,8-9,11,14,17,21-24,26-28H,6-7,10,13H2,1H3;4,6H,1-3H2,(H,7,8)/t14-,21+,22-,23+,24-;4-/m00/s1. The van der Waals surface area contributed by atoms with Crippen molar-refractivity contribution in [2.75, 3.05) is 13.2 Å². The number of carboxylic acids is 1. The van der Waals surface area contributed by atoms with Gasteiger partial charge < -0.3 is 30.5 Å². The number of nitrogens with zero attached hydrogens (tertiary/aromatic N) is 1. The van der Waals surface area contributed by atoms with Crippen molar-refractivity contribution in [3.63, 3.8) is 0 Å². The zero-order chi connectivity index (χ0) is 26.5. The van der Waals surface area contributed by atoms with E-state index in [1.165, 1.54) is 18.4 Å². The maximum atomic E-state index is 10.6. The van der Waals surface area contributed by atoms with Crippen molar-refractivity contribution in [1.29, 1.82) is 5.26 Å². The minimum absolute atomic E-state index is 0.269. The Hall–Kier alpha value is -2.80. The quantitative estimate of drug-likeness (QED) is 0.401. The molecule has 1 aliphatic carbocycles. The van der Waals surface area contributed by atoms with E-state index >= 15 is 0 Å². The van der Waals surface area contributed by atoms with Crippen LogP contribution in [-0.4, -0.2) is 63.9 Å². The molecule has 3 fully saturated rings. The van der Waals surface area contributed by atoms with Gasteiger partial charge in [-0.2, -0.15) is 5.26 Å². The van der Waals surface area contributed by atoms with Crippen LogP contribution in [0.15, 0.2) is 42.5 Å². The molecule has 5 rings (SSSR count). The van der Waals surface area contributed by atoms with Crippen LogP contribution in [0.4, 0.5) is 0 Å². The molecular weight excluding hydrogens is 472 g/mol. The van der Waals surface area contributed by atoms with Gasteiger partial charge in [0.05, 0.1) is 30.4 Å². The molecule has 8 nitrogen and oxygen atoms in total. The van der Waals surface area contributed by atoms with Gasteiger partial charge in [-0.15, -0.1) is 0 Å². The van der Waals surface area contributed by atoms with Crippen LogP contribution < -0.4 is 5.32 Å². The normalized spacial score (nSPS) is 29.2. The van der Waals surface area contributed by atoms with Crippen LogP contribution in [-0.2, 0) is 16.0 Å². The second-order valence-electron chi connectivity index (χ2n) is 10.3. The molecule has 1 saturated carbocycles. The van der Waals surface area contributed by atoms with Crippen LogP contribution in [0.3, 0.4) is 0 Å². The summed E-state index contributed by atoms with van der Waals surface area (Å²) in [7, 11) is 0. The fourth-order valence-electron chi connectivity index (χ4n) is 5.08. The summed E-state index contributed by atoms with van der Waals surface area (Å²) in [6.45, 7) is 2.29. The molecule has 198 valence electrons. The number of aliphatic hydroxyl groups excluding tert-OH is 3. The number of carbonyl (C=O) groups is 1. The third-order valence-corrected chi connectivity index (χ3v) is 7.63. The zero-order valence-corrected chi connectivity index (χ0v) is 21.1. The van der Waals surface area contributed by atoms with Crippen molar-refractivity contribution in [2.24, 2.45) is 5.92 Å². The molecule has 3 aliphatic rings. The van der Waals surface area contributed by atoms with E-state index in [0.717, 1.165) is 36.1 Å². The molecule has 0 radical (unpaired) electrons. The highest BCUT2D eigenvalue weighted by Gasteiger charge is 2.42. The number of benzene rings is 2. The molecule has 2 aromatic rings. The third-order valence-electron chi connectivity index (χ3n) is 7.63. The van der Waals surface area contributed by atoms with E-state index in [1.54, 1.807) is 19.1 Å². The lowest BCUT2D eigenvalue weighted by Gasteiger charge is -2.41. The van der Waals surface area contributed by atoms with Gasteiger partial charge in [0.1, 0.15) is 18.2 Å². The number of hydrogen-bond acceptors (Lipinski definition) is 7. The van der Waals surface area contributed by atoms with Crippen LogP contribution in [0.2, 0.25) is 0 Å². The second-order valence-corrected chi connectivity index (χ2v) is 10.3. The Kier molecular flexibility index (Phi) is 8.95. The molecular formula is C29H36N2O6. The van der Waals surface area contributed by atoms with Gasteiger partial charge in [0, 0.05) is 5.92 Å². The summed E-state index contributed by atoms with van der Waals surface area (Å²) in [6, 6.07) is 16.0. The molecule has 0 spiro atoms. The lowest BCUT2D eigenvalue weighted by atomic mass is 9.84. The van der Waals surface area contributed by atoms with Gasteiger partial charge in [0.15, 0.2) is 0 Å². The maximum Gasteiger partial charge on any atom is 0.320 e. The van der Waals surface area contributed by atoms with Gasteiger partial charge in [-0.25, -0.2) is 0 Å². The number of carboxylic acid groups (broad SMARTS) is 1. The molecule has 6 atom stereocenters. The third kappa shape index (κ3) is 6.56. The molecule has 5 N–H and O–H groups in total. The van der Waals surface area contributed by atoms with Gasteiger partial charge in [0.2, 0.25) is 0 Å². The largest absolute Gasteiger partial charge is 0.480 e. The first kappa shape index (κ1) is 27.2. The average Bonchev–Trinajstić information content (AvgIpc) is 3.60.